The van der Waals surface area contributed by atoms with Crippen molar-refractivity contribution in [1.82, 2.24) is 0 Å². The summed E-state index contributed by atoms with van der Waals surface area (Å²) in [6, 6.07) is 19.8. The molecular weight excluding hydrogens is 362 g/mol. The number of fused-ring (bicyclic) bond motifs is 4. The first-order chi connectivity index (χ1) is 14.2. The SMILES string of the molecule is CC(Oc1ccc2c(c1)CCCC2)C(=O)Nc1ccc2c(c1)oc1ccccc12. The molecule has 5 rings (SSSR count). The molecule has 0 saturated heterocycles. The Bertz CT molecular complexity index is 1210. The second kappa shape index (κ2) is 7.28. The normalized spacial score (nSPS) is 14.5. The van der Waals surface area contributed by atoms with Gasteiger partial charge in [0.1, 0.15) is 16.9 Å². The Kier molecular flexibility index (Phi) is 4.47. The standard InChI is InChI=1S/C25H23NO3/c1-16(28-20-12-10-17-6-2-3-7-18(17)14-20)25(27)26-19-11-13-22-21-8-4-5-9-23(21)29-24(22)15-19/h4-5,8-16H,2-3,6-7H2,1H3,(H,26,27). The number of carbonyl (C=O) groups excluding carboxylic acids is 1. The van der Waals surface area contributed by atoms with E-state index in [0.29, 0.717) is 5.69 Å². The van der Waals surface area contributed by atoms with Crippen LogP contribution in [0.15, 0.2) is 65.1 Å². The van der Waals surface area contributed by atoms with E-state index in [0.717, 1.165) is 40.5 Å². The smallest absolute Gasteiger partial charge is 0.265 e. The largest absolute Gasteiger partial charge is 0.481 e. The van der Waals surface area contributed by atoms with E-state index in [2.05, 4.69) is 17.4 Å². The first kappa shape index (κ1) is 17.8. The van der Waals surface area contributed by atoms with Crippen molar-refractivity contribution in [1.29, 1.82) is 0 Å². The predicted octanol–water partition coefficient (Wildman–Crippen LogP) is 5.87. The van der Waals surface area contributed by atoms with Gasteiger partial charge in [-0.3, -0.25) is 4.79 Å². The van der Waals surface area contributed by atoms with Gasteiger partial charge in [0.2, 0.25) is 0 Å². The molecule has 29 heavy (non-hydrogen) atoms. The number of furan rings is 1. The molecule has 1 amide bonds. The van der Waals surface area contributed by atoms with E-state index in [4.69, 9.17) is 9.15 Å². The zero-order chi connectivity index (χ0) is 19.8. The fraction of sp³-hybridized carbons (Fsp3) is 0.240. The second-order valence-electron chi connectivity index (χ2n) is 7.70. The third kappa shape index (κ3) is 3.46. The Morgan fingerprint density at radius 2 is 1.72 bits per heavy atom. The van der Waals surface area contributed by atoms with E-state index in [1.807, 2.05) is 48.5 Å². The van der Waals surface area contributed by atoms with Gasteiger partial charge in [-0.15, -0.1) is 0 Å². The van der Waals surface area contributed by atoms with E-state index < -0.39 is 6.10 Å². The summed E-state index contributed by atoms with van der Waals surface area (Å²) >= 11 is 0. The number of benzene rings is 3. The van der Waals surface area contributed by atoms with E-state index in [1.54, 1.807) is 6.92 Å². The van der Waals surface area contributed by atoms with Crippen molar-refractivity contribution in [2.24, 2.45) is 0 Å². The Morgan fingerprint density at radius 1 is 0.931 bits per heavy atom. The number of hydrogen-bond acceptors (Lipinski definition) is 3. The third-order valence-electron chi connectivity index (χ3n) is 5.65. The van der Waals surface area contributed by atoms with Crippen molar-refractivity contribution in [2.45, 2.75) is 38.7 Å². The van der Waals surface area contributed by atoms with E-state index in [1.165, 1.54) is 24.0 Å². The van der Waals surface area contributed by atoms with Crippen LogP contribution in [0.4, 0.5) is 5.69 Å². The molecule has 4 aromatic rings. The molecule has 0 saturated carbocycles. The second-order valence-corrected chi connectivity index (χ2v) is 7.70. The fourth-order valence-electron chi connectivity index (χ4n) is 4.09. The topological polar surface area (TPSA) is 51.5 Å². The molecule has 1 aliphatic rings. The van der Waals surface area contributed by atoms with Crippen LogP contribution in [0.3, 0.4) is 0 Å². The molecule has 0 spiro atoms. The summed E-state index contributed by atoms with van der Waals surface area (Å²) in [5, 5.41) is 5.05. The van der Waals surface area contributed by atoms with Gasteiger partial charge in [0.25, 0.3) is 5.91 Å². The van der Waals surface area contributed by atoms with Crippen molar-refractivity contribution in [2.75, 3.05) is 5.32 Å². The van der Waals surface area contributed by atoms with Gasteiger partial charge in [-0.05, 0) is 74.1 Å². The Morgan fingerprint density at radius 3 is 2.62 bits per heavy atom. The fourth-order valence-corrected chi connectivity index (χ4v) is 4.09. The summed E-state index contributed by atoms with van der Waals surface area (Å²) in [6.07, 6.45) is 4.10. The van der Waals surface area contributed by atoms with Crippen LogP contribution in [-0.2, 0) is 17.6 Å². The van der Waals surface area contributed by atoms with Gasteiger partial charge in [0.15, 0.2) is 6.10 Å². The number of amides is 1. The van der Waals surface area contributed by atoms with Crippen molar-refractivity contribution in [3.05, 3.63) is 71.8 Å². The average Bonchev–Trinajstić information content (AvgIpc) is 3.11. The maximum Gasteiger partial charge on any atom is 0.265 e. The van der Waals surface area contributed by atoms with Gasteiger partial charge in [-0.2, -0.15) is 0 Å². The predicted molar refractivity (Wildman–Crippen MR) is 116 cm³/mol. The lowest BCUT2D eigenvalue weighted by Crippen LogP contribution is -2.30. The molecule has 3 aromatic carbocycles. The van der Waals surface area contributed by atoms with Crippen LogP contribution in [-0.4, -0.2) is 12.0 Å². The highest BCUT2D eigenvalue weighted by Gasteiger charge is 2.17. The van der Waals surface area contributed by atoms with Gasteiger partial charge >= 0.3 is 0 Å². The number of carbonyl (C=O) groups is 1. The van der Waals surface area contributed by atoms with Crippen LogP contribution in [0.25, 0.3) is 21.9 Å². The highest BCUT2D eigenvalue weighted by atomic mass is 16.5. The number of hydrogen-bond donors (Lipinski definition) is 1. The summed E-state index contributed by atoms with van der Waals surface area (Å²) < 4.78 is 11.8. The van der Waals surface area contributed by atoms with E-state index in [-0.39, 0.29) is 5.91 Å². The molecule has 4 nitrogen and oxygen atoms in total. The average molecular weight is 385 g/mol. The van der Waals surface area contributed by atoms with Crippen LogP contribution < -0.4 is 10.1 Å². The highest BCUT2D eigenvalue weighted by Crippen LogP contribution is 2.30. The van der Waals surface area contributed by atoms with Crippen LogP contribution >= 0.6 is 0 Å². The summed E-state index contributed by atoms with van der Waals surface area (Å²) in [5.41, 5.74) is 5.04. The molecule has 1 aliphatic carbocycles. The number of rotatable bonds is 4. The molecule has 0 bridgehead atoms. The number of nitrogens with one attached hydrogen (secondary N) is 1. The molecule has 0 radical (unpaired) electrons. The lowest BCUT2D eigenvalue weighted by Gasteiger charge is -2.19. The minimum atomic E-state index is -0.594. The van der Waals surface area contributed by atoms with E-state index in [9.17, 15) is 4.79 Å². The molecule has 1 aromatic heterocycles. The third-order valence-corrected chi connectivity index (χ3v) is 5.65. The lowest BCUT2D eigenvalue weighted by molar-refractivity contribution is -0.122. The van der Waals surface area contributed by atoms with Gasteiger partial charge in [-0.1, -0.05) is 24.3 Å². The minimum Gasteiger partial charge on any atom is -0.481 e. The van der Waals surface area contributed by atoms with Crippen LogP contribution in [0.1, 0.15) is 30.9 Å². The highest BCUT2D eigenvalue weighted by molar-refractivity contribution is 6.06. The van der Waals surface area contributed by atoms with Crippen molar-refractivity contribution < 1.29 is 13.9 Å². The molecular formula is C25H23NO3. The summed E-state index contributed by atoms with van der Waals surface area (Å²) in [4.78, 5) is 12.6. The molecule has 0 aliphatic heterocycles. The number of ether oxygens (including phenoxy) is 1. The minimum absolute atomic E-state index is 0.182. The van der Waals surface area contributed by atoms with Gasteiger partial charge in [-0.25, -0.2) is 0 Å². The monoisotopic (exact) mass is 385 g/mol. The summed E-state index contributed by atoms with van der Waals surface area (Å²) in [7, 11) is 0. The number of para-hydroxylation sites is 1. The molecule has 1 unspecified atom stereocenters. The van der Waals surface area contributed by atoms with Crippen LogP contribution in [0.2, 0.25) is 0 Å². The van der Waals surface area contributed by atoms with Crippen LogP contribution in [0, 0.1) is 0 Å². The Hall–Kier alpha value is -3.27. The molecule has 1 heterocycles. The van der Waals surface area contributed by atoms with Crippen molar-refractivity contribution in [3.63, 3.8) is 0 Å². The Labute approximate surface area is 169 Å². The van der Waals surface area contributed by atoms with Crippen LogP contribution in [0.5, 0.6) is 5.75 Å². The first-order valence-electron chi connectivity index (χ1n) is 10.2. The maximum atomic E-state index is 12.6. The first-order valence-corrected chi connectivity index (χ1v) is 10.2. The summed E-state index contributed by atoms with van der Waals surface area (Å²) in [5.74, 6) is 0.569. The van der Waals surface area contributed by atoms with Gasteiger partial charge < -0.3 is 14.5 Å². The molecule has 0 fully saturated rings. The van der Waals surface area contributed by atoms with Gasteiger partial charge in [0, 0.05) is 22.5 Å². The lowest BCUT2D eigenvalue weighted by atomic mass is 9.92. The van der Waals surface area contributed by atoms with Gasteiger partial charge in [0.05, 0.1) is 0 Å². The quantitative estimate of drug-likeness (QED) is 0.478. The number of aryl methyl sites for hydroxylation is 2. The maximum absolute atomic E-state index is 12.6. The Balaban J connectivity index is 1.31. The molecule has 146 valence electrons. The van der Waals surface area contributed by atoms with Crippen molar-refractivity contribution in [3.8, 4) is 5.75 Å². The zero-order valence-corrected chi connectivity index (χ0v) is 16.4. The summed E-state index contributed by atoms with van der Waals surface area (Å²) in [6.45, 7) is 1.77. The van der Waals surface area contributed by atoms with Crippen molar-refractivity contribution >= 4 is 33.5 Å². The molecule has 4 heteroatoms. The van der Waals surface area contributed by atoms with E-state index >= 15 is 0 Å². The number of anilines is 1. The molecule has 1 atom stereocenters. The zero-order valence-electron chi connectivity index (χ0n) is 16.4. The molecule has 1 N–H and O–H groups in total.